The highest BCUT2D eigenvalue weighted by Gasteiger charge is 2.34. The summed E-state index contributed by atoms with van der Waals surface area (Å²) in [7, 11) is 0. The van der Waals surface area contributed by atoms with Crippen LogP contribution in [0.25, 0.3) is 0 Å². The molecule has 0 spiro atoms. The molecular formula is C22H26FNO2. The lowest BCUT2D eigenvalue weighted by Gasteiger charge is -2.38. The van der Waals surface area contributed by atoms with Gasteiger partial charge in [-0.05, 0) is 42.0 Å². The Morgan fingerprint density at radius 2 is 1.73 bits per heavy atom. The van der Waals surface area contributed by atoms with Gasteiger partial charge in [-0.1, -0.05) is 49.4 Å². The molecule has 1 unspecified atom stereocenters. The van der Waals surface area contributed by atoms with Gasteiger partial charge in [0.2, 0.25) is 5.91 Å². The molecule has 1 saturated heterocycles. The number of benzene rings is 2. The zero-order chi connectivity index (χ0) is 18.6. The minimum Gasteiger partial charge on any atom is -0.389 e. The normalized spacial score (nSPS) is 17.7. The zero-order valence-electron chi connectivity index (χ0n) is 15.2. The van der Waals surface area contributed by atoms with E-state index in [0.717, 1.165) is 5.56 Å². The van der Waals surface area contributed by atoms with Crippen molar-refractivity contribution in [2.75, 3.05) is 13.1 Å². The lowest BCUT2D eigenvalue weighted by Crippen LogP contribution is -2.47. The third kappa shape index (κ3) is 4.70. The number of hydrogen-bond acceptors (Lipinski definition) is 2. The average molecular weight is 355 g/mol. The van der Waals surface area contributed by atoms with Crippen LogP contribution in [0.5, 0.6) is 0 Å². The van der Waals surface area contributed by atoms with Gasteiger partial charge in [-0.2, -0.15) is 0 Å². The first-order chi connectivity index (χ1) is 12.5. The summed E-state index contributed by atoms with van der Waals surface area (Å²) in [6.45, 7) is 3.21. The van der Waals surface area contributed by atoms with Crippen LogP contribution in [-0.4, -0.2) is 34.6 Å². The molecule has 0 bridgehead atoms. The molecule has 0 aliphatic carbocycles. The third-order valence-corrected chi connectivity index (χ3v) is 5.34. The Morgan fingerprint density at radius 1 is 1.12 bits per heavy atom. The van der Waals surface area contributed by atoms with Gasteiger partial charge in [0.05, 0.1) is 5.60 Å². The average Bonchev–Trinajstić information content (AvgIpc) is 2.64. The molecule has 3 nitrogen and oxygen atoms in total. The second kappa shape index (κ2) is 8.00. The predicted molar refractivity (Wildman–Crippen MR) is 100 cm³/mol. The van der Waals surface area contributed by atoms with Crippen molar-refractivity contribution in [2.24, 2.45) is 0 Å². The topological polar surface area (TPSA) is 40.5 Å². The third-order valence-electron chi connectivity index (χ3n) is 5.34. The Balaban J connectivity index is 1.52. The van der Waals surface area contributed by atoms with Crippen LogP contribution in [0.1, 0.15) is 43.2 Å². The summed E-state index contributed by atoms with van der Waals surface area (Å²) in [6, 6.07) is 16.3. The molecule has 2 aromatic rings. The minimum atomic E-state index is -0.820. The van der Waals surface area contributed by atoms with Crippen molar-refractivity contribution in [1.29, 1.82) is 0 Å². The van der Waals surface area contributed by atoms with E-state index in [1.165, 1.54) is 17.7 Å². The van der Waals surface area contributed by atoms with Gasteiger partial charge in [-0.3, -0.25) is 4.79 Å². The minimum absolute atomic E-state index is 0.144. The van der Waals surface area contributed by atoms with Crippen LogP contribution >= 0.6 is 0 Å². The fraction of sp³-hybridized carbons (Fsp3) is 0.409. The number of carbonyl (C=O) groups excluding carboxylic acids is 1. The number of aliphatic hydroxyl groups is 1. The van der Waals surface area contributed by atoms with E-state index in [2.05, 4.69) is 19.1 Å². The van der Waals surface area contributed by atoms with Gasteiger partial charge < -0.3 is 10.0 Å². The molecule has 0 saturated carbocycles. The van der Waals surface area contributed by atoms with E-state index in [-0.39, 0.29) is 17.6 Å². The monoisotopic (exact) mass is 355 g/mol. The molecule has 0 aromatic heterocycles. The highest BCUT2D eigenvalue weighted by Crippen LogP contribution is 2.28. The molecule has 4 heteroatoms. The first kappa shape index (κ1) is 18.6. The van der Waals surface area contributed by atoms with Crippen LogP contribution in [0.2, 0.25) is 0 Å². The molecule has 1 N–H and O–H groups in total. The van der Waals surface area contributed by atoms with Crippen LogP contribution in [0, 0.1) is 5.82 Å². The quantitative estimate of drug-likeness (QED) is 0.883. The van der Waals surface area contributed by atoms with Crippen molar-refractivity contribution in [2.45, 2.75) is 44.1 Å². The van der Waals surface area contributed by atoms with E-state index in [0.29, 0.717) is 38.8 Å². The number of nitrogens with zero attached hydrogens (tertiary/aromatic N) is 1. The van der Waals surface area contributed by atoms with E-state index < -0.39 is 5.60 Å². The second-order valence-corrected chi connectivity index (χ2v) is 7.42. The molecule has 1 atom stereocenters. The van der Waals surface area contributed by atoms with E-state index in [1.807, 2.05) is 23.1 Å². The van der Waals surface area contributed by atoms with Crippen LogP contribution in [0.15, 0.2) is 54.6 Å². The van der Waals surface area contributed by atoms with Crippen LogP contribution in [-0.2, 0) is 11.2 Å². The molecule has 0 radical (unpaired) electrons. The summed E-state index contributed by atoms with van der Waals surface area (Å²) in [5.74, 6) is 0.0580. The molecule has 1 fully saturated rings. The number of carbonyl (C=O) groups is 1. The van der Waals surface area contributed by atoms with E-state index in [4.69, 9.17) is 0 Å². The Kier molecular flexibility index (Phi) is 5.72. The summed E-state index contributed by atoms with van der Waals surface area (Å²) < 4.78 is 13.0. The highest BCUT2D eigenvalue weighted by atomic mass is 19.1. The highest BCUT2D eigenvalue weighted by molar-refractivity contribution is 5.77. The molecule has 26 heavy (non-hydrogen) atoms. The molecule has 1 aliphatic rings. The molecule has 3 rings (SSSR count). The van der Waals surface area contributed by atoms with Crippen LogP contribution in [0.3, 0.4) is 0 Å². The Labute approximate surface area is 154 Å². The largest absolute Gasteiger partial charge is 0.389 e. The smallest absolute Gasteiger partial charge is 0.223 e. The number of piperidine rings is 1. The number of likely N-dealkylation sites (tertiary alicyclic amines) is 1. The first-order valence-corrected chi connectivity index (χ1v) is 9.25. The van der Waals surface area contributed by atoms with Crippen molar-refractivity contribution in [3.05, 3.63) is 71.5 Å². The molecule has 1 amide bonds. The lowest BCUT2D eigenvalue weighted by atomic mass is 9.85. The summed E-state index contributed by atoms with van der Waals surface area (Å²) in [4.78, 5) is 14.5. The fourth-order valence-corrected chi connectivity index (χ4v) is 3.62. The fourth-order valence-electron chi connectivity index (χ4n) is 3.62. The Hall–Kier alpha value is -2.20. The number of amides is 1. The second-order valence-electron chi connectivity index (χ2n) is 7.42. The summed E-state index contributed by atoms with van der Waals surface area (Å²) in [5.41, 5.74) is 1.27. The van der Waals surface area contributed by atoms with E-state index in [9.17, 15) is 14.3 Å². The summed E-state index contributed by atoms with van der Waals surface area (Å²) in [5, 5.41) is 10.8. The van der Waals surface area contributed by atoms with Crippen LogP contribution < -0.4 is 0 Å². The van der Waals surface area contributed by atoms with Crippen molar-refractivity contribution >= 4 is 5.91 Å². The summed E-state index contributed by atoms with van der Waals surface area (Å²) >= 11 is 0. The van der Waals surface area contributed by atoms with Gasteiger partial charge >= 0.3 is 0 Å². The maximum atomic E-state index is 13.0. The van der Waals surface area contributed by atoms with Crippen molar-refractivity contribution < 1.29 is 14.3 Å². The molecule has 2 aromatic carbocycles. The van der Waals surface area contributed by atoms with Crippen molar-refractivity contribution in [3.8, 4) is 0 Å². The van der Waals surface area contributed by atoms with Gasteiger partial charge in [0.15, 0.2) is 0 Å². The number of hydrogen-bond donors (Lipinski definition) is 1. The number of rotatable bonds is 5. The first-order valence-electron chi connectivity index (χ1n) is 9.25. The van der Waals surface area contributed by atoms with Gasteiger partial charge in [0, 0.05) is 25.9 Å². The lowest BCUT2D eigenvalue weighted by molar-refractivity contribution is -0.135. The van der Waals surface area contributed by atoms with E-state index >= 15 is 0 Å². The predicted octanol–water partition coefficient (Wildman–Crippen LogP) is 3.92. The molecular weight excluding hydrogens is 329 g/mol. The van der Waals surface area contributed by atoms with Gasteiger partial charge in [-0.25, -0.2) is 4.39 Å². The maximum Gasteiger partial charge on any atom is 0.223 e. The van der Waals surface area contributed by atoms with Crippen LogP contribution in [0.4, 0.5) is 4.39 Å². The zero-order valence-corrected chi connectivity index (χ0v) is 15.2. The standard InChI is InChI=1S/C22H26FNO2/c1-17(19-5-3-2-4-6-19)15-21(25)24-13-11-22(26,12-14-24)16-18-7-9-20(23)10-8-18/h2-10,17,26H,11-16H2,1H3. The van der Waals surface area contributed by atoms with E-state index in [1.54, 1.807) is 12.1 Å². The maximum absolute atomic E-state index is 13.0. The molecule has 1 aliphatic heterocycles. The number of halogens is 1. The molecule has 138 valence electrons. The molecule has 1 heterocycles. The van der Waals surface area contributed by atoms with Crippen molar-refractivity contribution in [3.63, 3.8) is 0 Å². The SMILES string of the molecule is CC(CC(=O)N1CCC(O)(Cc2ccc(F)cc2)CC1)c1ccccc1. The summed E-state index contributed by atoms with van der Waals surface area (Å²) in [6.07, 6.45) is 2.09. The van der Waals surface area contributed by atoms with Gasteiger partial charge in [-0.15, -0.1) is 0 Å². The Morgan fingerprint density at radius 3 is 2.35 bits per heavy atom. The van der Waals surface area contributed by atoms with Gasteiger partial charge in [0.25, 0.3) is 0 Å². The van der Waals surface area contributed by atoms with Gasteiger partial charge in [0.1, 0.15) is 5.82 Å². The Bertz CT molecular complexity index is 722. The van der Waals surface area contributed by atoms with Crippen molar-refractivity contribution in [1.82, 2.24) is 4.90 Å².